The van der Waals surface area contributed by atoms with E-state index in [9.17, 15) is 9.59 Å². The molecule has 20 heavy (non-hydrogen) atoms. The Morgan fingerprint density at radius 1 is 1.25 bits per heavy atom. The standard InChI is InChI=1S/C16H20N2O2/c1-11-4-2-3-5-13(11)10-18-9-8-14(19)17-15(16(18)20)12-6-7-12/h2-5,12,15H,6-10H2,1H3,(H,17,19). The highest BCUT2D eigenvalue weighted by molar-refractivity contribution is 5.90. The molecule has 2 fully saturated rings. The lowest BCUT2D eigenvalue weighted by atomic mass is 10.1. The van der Waals surface area contributed by atoms with Crippen LogP contribution in [0.25, 0.3) is 0 Å². The summed E-state index contributed by atoms with van der Waals surface area (Å²) < 4.78 is 0. The van der Waals surface area contributed by atoms with Gasteiger partial charge in [-0.15, -0.1) is 0 Å². The van der Waals surface area contributed by atoms with Gasteiger partial charge >= 0.3 is 0 Å². The normalized spacial score (nSPS) is 23.4. The first-order valence-electron chi connectivity index (χ1n) is 7.28. The summed E-state index contributed by atoms with van der Waals surface area (Å²) in [7, 11) is 0. The molecular formula is C16H20N2O2. The number of carbonyl (C=O) groups is 2. The molecule has 4 nitrogen and oxygen atoms in total. The first-order chi connectivity index (χ1) is 9.65. The minimum absolute atomic E-state index is 0.00235. The fraction of sp³-hybridized carbons (Fsp3) is 0.500. The number of nitrogens with zero attached hydrogens (tertiary/aromatic N) is 1. The van der Waals surface area contributed by atoms with E-state index in [0.717, 1.165) is 18.4 Å². The van der Waals surface area contributed by atoms with Crippen molar-refractivity contribution in [3.8, 4) is 0 Å². The van der Waals surface area contributed by atoms with Crippen LogP contribution in [0, 0.1) is 12.8 Å². The molecule has 1 aliphatic carbocycles. The van der Waals surface area contributed by atoms with Gasteiger partial charge in [0.25, 0.3) is 0 Å². The molecular weight excluding hydrogens is 252 g/mol. The van der Waals surface area contributed by atoms with Gasteiger partial charge in [0.05, 0.1) is 0 Å². The lowest BCUT2D eigenvalue weighted by Crippen LogP contribution is -2.45. The summed E-state index contributed by atoms with van der Waals surface area (Å²) >= 11 is 0. The molecule has 3 rings (SSSR count). The number of hydrogen-bond donors (Lipinski definition) is 1. The maximum Gasteiger partial charge on any atom is 0.245 e. The Hall–Kier alpha value is -1.84. The molecule has 1 aromatic rings. The topological polar surface area (TPSA) is 49.4 Å². The van der Waals surface area contributed by atoms with E-state index in [-0.39, 0.29) is 17.9 Å². The first-order valence-corrected chi connectivity index (χ1v) is 7.28. The second kappa shape index (κ2) is 5.27. The Morgan fingerprint density at radius 2 is 2.00 bits per heavy atom. The summed E-state index contributed by atoms with van der Waals surface area (Å²) in [5, 5.41) is 2.89. The summed E-state index contributed by atoms with van der Waals surface area (Å²) in [5.74, 6) is 0.438. The summed E-state index contributed by atoms with van der Waals surface area (Å²) in [6, 6.07) is 7.80. The highest BCUT2D eigenvalue weighted by Crippen LogP contribution is 2.34. The summed E-state index contributed by atoms with van der Waals surface area (Å²) in [4.78, 5) is 26.2. The zero-order valence-corrected chi connectivity index (χ0v) is 11.8. The maximum absolute atomic E-state index is 12.6. The zero-order valence-electron chi connectivity index (χ0n) is 11.8. The van der Waals surface area contributed by atoms with Gasteiger partial charge in [0.1, 0.15) is 6.04 Å². The third kappa shape index (κ3) is 2.69. The Balaban J connectivity index is 1.79. The van der Waals surface area contributed by atoms with Gasteiger partial charge in [-0.3, -0.25) is 9.59 Å². The molecule has 1 N–H and O–H groups in total. The van der Waals surface area contributed by atoms with Crippen LogP contribution in [-0.2, 0) is 16.1 Å². The molecule has 0 spiro atoms. The predicted molar refractivity (Wildman–Crippen MR) is 75.9 cm³/mol. The number of hydrogen-bond acceptors (Lipinski definition) is 2. The van der Waals surface area contributed by atoms with Crippen LogP contribution in [0.5, 0.6) is 0 Å². The molecule has 1 aliphatic heterocycles. The maximum atomic E-state index is 12.6. The Bertz CT molecular complexity index is 537. The minimum Gasteiger partial charge on any atom is -0.344 e. The fourth-order valence-corrected chi connectivity index (χ4v) is 2.75. The molecule has 2 amide bonds. The van der Waals surface area contributed by atoms with E-state index < -0.39 is 0 Å². The molecule has 1 saturated heterocycles. The number of aryl methyl sites for hydroxylation is 1. The second-order valence-electron chi connectivity index (χ2n) is 5.82. The average Bonchev–Trinajstić information content (AvgIpc) is 3.26. The predicted octanol–water partition coefficient (Wildman–Crippen LogP) is 1.62. The van der Waals surface area contributed by atoms with Crippen molar-refractivity contribution in [2.24, 2.45) is 5.92 Å². The third-order valence-electron chi connectivity index (χ3n) is 4.22. The van der Waals surface area contributed by atoms with Gasteiger partial charge in [-0.05, 0) is 36.8 Å². The summed E-state index contributed by atoms with van der Waals surface area (Å²) in [6.45, 7) is 3.17. The average molecular weight is 272 g/mol. The molecule has 0 bridgehead atoms. The number of rotatable bonds is 3. The van der Waals surface area contributed by atoms with Crippen LogP contribution in [-0.4, -0.2) is 29.3 Å². The summed E-state index contributed by atoms with van der Waals surface area (Å²) in [5.41, 5.74) is 2.34. The van der Waals surface area contributed by atoms with Gasteiger partial charge in [-0.1, -0.05) is 24.3 Å². The smallest absolute Gasteiger partial charge is 0.245 e. The lowest BCUT2D eigenvalue weighted by molar-refractivity contribution is -0.134. The lowest BCUT2D eigenvalue weighted by Gasteiger charge is -2.24. The number of carbonyl (C=O) groups excluding carboxylic acids is 2. The molecule has 1 unspecified atom stereocenters. The van der Waals surface area contributed by atoms with E-state index in [1.165, 1.54) is 5.56 Å². The van der Waals surface area contributed by atoms with Crippen molar-refractivity contribution in [3.63, 3.8) is 0 Å². The quantitative estimate of drug-likeness (QED) is 0.909. The molecule has 1 heterocycles. The Morgan fingerprint density at radius 3 is 2.70 bits per heavy atom. The van der Waals surface area contributed by atoms with Crippen LogP contribution in [0.15, 0.2) is 24.3 Å². The van der Waals surface area contributed by atoms with E-state index in [1.54, 1.807) is 0 Å². The van der Waals surface area contributed by atoms with Gasteiger partial charge < -0.3 is 10.2 Å². The SMILES string of the molecule is Cc1ccccc1CN1CCC(=O)NC(C2CC2)C1=O. The molecule has 1 atom stereocenters. The van der Waals surface area contributed by atoms with Crippen LogP contribution in [0.3, 0.4) is 0 Å². The van der Waals surface area contributed by atoms with Crippen molar-refractivity contribution in [1.82, 2.24) is 10.2 Å². The van der Waals surface area contributed by atoms with Crippen molar-refractivity contribution in [2.75, 3.05) is 6.54 Å². The van der Waals surface area contributed by atoms with E-state index in [4.69, 9.17) is 0 Å². The highest BCUT2D eigenvalue weighted by Gasteiger charge is 2.40. The highest BCUT2D eigenvalue weighted by atomic mass is 16.2. The molecule has 4 heteroatoms. The van der Waals surface area contributed by atoms with Gasteiger partial charge in [-0.2, -0.15) is 0 Å². The van der Waals surface area contributed by atoms with Gasteiger partial charge in [-0.25, -0.2) is 0 Å². The monoisotopic (exact) mass is 272 g/mol. The van der Waals surface area contributed by atoms with Gasteiger partial charge in [0.2, 0.25) is 11.8 Å². The summed E-state index contributed by atoms with van der Waals surface area (Å²) in [6.07, 6.45) is 2.50. The van der Waals surface area contributed by atoms with Crippen molar-refractivity contribution >= 4 is 11.8 Å². The van der Waals surface area contributed by atoms with E-state index in [1.807, 2.05) is 17.0 Å². The van der Waals surface area contributed by atoms with Crippen LogP contribution < -0.4 is 5.32 Å². The second-order valence-corrected chi connectivity index (χ2v) is 5.82. The van der Waals surface area contributed by atoms with E-state index in [2.05, 4.69) is 24.4 Å². The molecule has 0 radical (unpaired) electrons. The van der Waals surface area contributed by atoms with Crippen LogP contribution in [0.1, 0.15) is 30.4 Å². The third-order valence-corrected chi connectivity index (χ3v) is 4.22. The zero-order chi connectivity index (χ0) is 14.1. The van der Waals surface area contributed by atoms with E-state index >= 15 is 0 Å². The molecule has 1 aromatic carbocycles. The van der Waals surface area contributed by atoms with Gasteiger partial charge in [0, 0.05) is 19.5 Å². The van der Waals surface area contributed by atoms with Crippen molar-refractivity contribution in [1.29, 1.82) is 0 Å². The molecule has 0 aromatic heterocycles. The van der Waals surface area contributed by atoms with Crippen molar-refractivity contribution in [2.45, 2.75) is 38.8 Å². The minimum atomic E-state index is -0.297. The molecule has 106 valence electrons. The van der Waals surface area contributed by atoms with Crippen molar-refractivity contribution in [3.05, 3.63) is 35.4 Å². The van der Waals surface area contributed by atoms with Crippen LogP contribution in [0.4, 0.5) is 0 Å². The number of nitrogens with one attached hydrogen (secondary N) is 1. The number of benzene rings is 1. The fourth-order valence-electron chi connectivity index (χ4n) is 2.75. The van der Waals surface area contributed by atoms with Crippen LogP contribution in [0.2, 0.25) is 0 Å². The van der Waals surface area contributed by atoms with Crippen LogP contribution >= 0.6 is 0 Å². The molecule has 1 saturated carbocycles. The van der Waals surface area contributed by atoms with E-state index in [0.29, 0.717) is 25.4 Å². The first kappa shape index (κ1) is 13.2. The van der Waals surface area contributed by atoms with Crippen molar-refractivity contribution < 1.29 is 9.59 Å². The Labute approximate surface area is 119 Å². The Kier molecular flexibility index (Phi) is 3.47. The largest absolute Gasteiger partial charge is 0.344 e. The van der Waals surface area contributed by atoms with Gasteiger partial charge in [0.15, 0.2) is 0 Å². The molecule has 2 aliphatic rings. The number of amides is 2.